The minimum atomic E-state index is -1.80. The molecule has 0 radical (unpaired) electrons. The Morgan fingerprint density at radius 2 is 1.22 bits per heavy atom. The van der Waals surface area contributed by atoms with Crippen molar-refractivity contribution in [3.63, 3.8) is 0 Å². The third-order valence-corrected chi connectivity index (χ3v) is 6.06. The molecule has 0 aliphatic carbocycles. The van der Waals surface area contributed by atoms with Crippen LogP contribution in [0.3, 0.4) is 0 Å². The van der Waals surface area contributed by atoms with Crippen molar-refractivity contribution in [1.82, 2.24) is 26.6 Å². The lowest BCUT2D eigenvalue weighted by atomic mass is 10.0. The Morgan fingerprint density at radius 3 is 1.71 bits per heavy atom. The number of carbonyl (C=O) groups is 8. The first-order chi connectivity index (χ1) is 20.9. The molecular weight excluding hydrogens is 602 g/mol. The molecule has 45 heavy (non-hydrogen) atoms. The van der Waals surface area contributed by atoms with E-state index in [0.717, 1.165) is 0 Å². The number of nitrogens with one attached hydrogen (secondary N) is 5. The molecule has 0 bridgehead atoms. The van der Waals surface area contributed by atoms with Crippen molar-refractivity contribution >= 4 is 53.4 Å². The predicted octanol–water partition coefficient (Wildman–Crippen LogP) is -4.48. The molecule has 0 unspecified atom stereocenters. The van der Waals surface area contributed by atoms with E-state index >= 15 is 0 Å². The summed E-state index contributed by atoms with van der Waals surface area (Å²) in [6.07, 6.45) is -1.79. The number of nitrogens with two attached hydrogens (primary N) is 3. The highest BCUT2D eigenvalue weighted by Gasteiger charge is 2.33. The Hall–Kier alpha value is -5.01. The first kappa shape index (κ1) is 40.0. The monoisotopic (exact) mass is 645 g/mol. The minimum absolute atomic E-state index is 0.0477. The Morgan fingerprint density at radius 1 is 0.689 bits per heavy atom. The molecule has 0 spiro atoms. The molecule has 20 heteroatoms. The van der Waals surface area contributed by atoms with E-state index in [1.807, 2.05) is 0 Å². The second-order valence-corrected chi connectivity index (χ2v) is 10.2. The van der Waals surface area contributed by atoms with Crippen molar-refractivity contribution in [2.24, 2.45) is 28.1 Å². The van der Waals surface area contributed by atoms with Crippen LogP contribution in [0, 0.1) is 5.92 Å². The van der Waals surface area contributed by atoms with E-state index in [0.29, 0.717) is 0 Å². The van der Waals surface area contributed by atoms with E-state index in [2.05, 4.69) is 31.6 Å². The number of carbonyl (C=O) groups excluding carboxylic acids is 5. The molecule has 0 fully saturated rings. The SMILES string of the molecule is CC(C)[C@H](NC(=O)[C@H](CCC(=O)O)NC(=O)[C@H](CC(=O)O)NC(=O)[C@H](C)NC(=O)[C@H](CCCN=C(N)N)NC(=O)CN)C(=O)O. The number of carboxylic acids is 3. The van der Waals surface area contributed by atoms with Crippen LogP contribution in [0.1, 0.15) is 52.9 Å². The van der Waals surface area contributed by atoms with Crippen LogP contribution in [0.15, 0.2) is 4.99 Å². The van der Waals surface area contributed by atoms with E-state index in [4.69, 9.17) is 22.3 Å². The molecule has 254 valence electrons. The number of amides is 5. The van der Waals surface area contributed by atoms with Gasteiger partial charge in [-0.1, -0.05) is 13.8 Å². The zero-order chi connectivity index (χ0) is 34.9. The lowest BCUT2D eigenvalue weighted by molar-refractivity contribution is -0.144. The van der Waals surface area contributed by atoms with Crippen LogP contribution in [0.25, 0.3) is 0 Å². The molecule has 0 saturated heterocycles. The number of aliphatic imine (C=N–C) groups is 1. The topological polar surface area (TPSA) is 348 Å². The van der Waals surface area contributed by atoms with Crippen molar-refractivity contribution in [2.45, 2.75) is 83.1 Å². The molecule has 5 amide bonds. The average molecular weight is 646 g/mol. The summed E-state index contributed by atoms with van der Waals surface area (Å²) in [6, 6.07) is -7.32. The molecule has 0 aromatic heterocycles. The van der Waals surface area contributed by atoms with Gasteiger partial charge in [-0.3, -0.25) is 38.6 Å². The van der Waals surface area contributed by atoms with E-state index in [1.54, 1.807) is 0 Å². The van der Waals surface area contributed by atoms with Crippen molar-refractivity contribution in [1.29, 1.82) is 0 Å². The van der Waals surface area contributed by atoms with Gasteiger partial charge in [0.05, 0.1) is 13.0 Å². The average Bonchev–Trinajstić information content (AvgIpc) is 2.93. The summed E-state index contributed by atoms with van der Waals surface area (Å²) in [7, 11) is 0. The minimum Gasteiger partial charge on any atom is -0.481 e. The molecule has 20 nitrogen and oxygen atoms in total. The Kier molecular flexibility index (Phi) is 17.8. The summed E-state index contributed by atoms with van der Waals surface area (Å²) in [5.41, 5.74) is 15.8. The van der Waals surface area contributed by atoms with Crippen LogP contribution in [0.2, 0.25) is 0 Å². The van der Waals surface area contributed by atoms with Crippen molar-refractivity contribution in [3.8, 4) is 0 Å². The molecule has 0 saturated carbocycles. The summed E-state index contributed by atoms with van der Waals surface area (Å²) in [6.45, 7) is 3.92. The van der Waals surface area contributed by atoms with Gasteiger partial charge in [-0.15, -0.1) is 0 Å². The number of hydrogen-bond acceptors (Lipinski definition) is 10. The Bertz CT molecular complexity index is 1130. The second-order valence-electron chi connectivity index (χ2n) is 10.2. The second kappa shape index (κ2) is 20.0. The fourth-order valence-corrected chi connectivity index (χ4v) is 3.66. The van der Waals surface area contributed by atoms with Crippen LogP contribution < -0.4 is 43.8 Å². The quantitative estimate of drug-likeness (QED) is 0.0318. The van der Waals surface area contributed by atoms with Gasteiger partial charge in [0.1, 0.15) is 30.2 Å². The van der Waals surface area contributed by atoms with E-state index < -0.39 is 109 Å². The van der Waals surface area contributed by atoms with Gasteiger partial charge in [-0.2, -0.15) is 0 Å². The van der Waals surface area contributed by atoms with Crippen LogP contribution >= 0.6 is 0 Å². The zero-order valence-corrected chi connectivity index (χ0v) is 25.2. The summed E-state index contributed by atoms with van der Waals surface area (Å²) < 4.78 is 0. The number of aliphatic carboxylic acids is 3. The van der Waals surface area contributed by atoms with Crippen molar-refractivity contribution in [3.05, 3.63) is 0 Å². The predicted molar refractivity (Wildman–Crippen MR) is 156 cm³/mol. The summed E-state index contributed by atoms with van der Waals surface area (Å²) >= 11 is 0. The molecule has 0 aliphatic rings. The molecule has 0 aromatic rings. The highest BCUT2D eigenvalue weighted by molar-refractivity contribution is 5.97. The first-order valence-electron chi connectivity index (χ1n) is 13.8. The zero-order valence-electron chi connectivity index (χ0n) is 25.2. The summed E-state index contributed by atoms with van der Waals surface area (Å²) in [5.74, 6) is -9.76. The number of guanidine groups is 1. The first-order valence-corrected chi connectivity index (χ1v) is 13.8. The van der Waals surface area contributed by atoms with Gasteiger partial charge in [0.25, 0.3) is 0 Å². The third kappa shape index (κ3) is 16.4. The highest BCUT2D eigenvalue weighted by Crippen LogP contribution is 2.07. The third-order valence-electron chi connectivity index (χ3n) is 6.06. The maximum Gasteiger partial charge on any atom is 0.326 e. The summed E-state index contributed by atoms with van der Waals surface area (Å²) in [5, 5.41) is 39.0. The number of nitrogens with zero attached hydrogens (tertiary/aromatic N) is 1. The number of hydrogen-bond donors (Lipinski definition) is 11. The largest absolute Gasteiger partial charge is 0.481 e. The summed E-state index contributed by atoms with van der Waals surface area (Å²) in [4.78, 5) is 101. The Labute approximate surface area is 258 Å². The van der Waals surface area contributed by atoms with Gasteiger partial charge in [-0.25, -0.2) is 4.79 Å². The van der Waals surface area contributed by atoms with Crippen LogP contribution in [-0.2, 0) is 38.4 Å². The van der Waals surface area contributed by atoms with Gasteiger partial charge in [0.2, 0.25) is 29.5 Å². The van der Waals surface area contributed by atoms with Gasteiger partial charge in [0, 0.05) is 13.0 Å². The molecule has 5 atom stereocenters. The molecule has 0 heterocycles. The van der Waals surface area contributed by atoms with Crippen LogP contribution in [-0.4, -0.2) is 112 Å². The molecule has 0 aliphatic heterocycles. The molecule has 0 aromatic carbocycles. The number of carboxylic acid groups (broad SMARTS) is 3. The molecule has 0 rings (SSSR count). The van der Waals surface area contributed by atoms with E-state index in [1.165, 1.54) is 20.8 Å². The maximum atomic E-state index is 13.0. The van der Waals surface area contributed by atoms with Crippen molar-refractivity contribution < 1.29 is 53.7 Å². The van der Waals surface area contributed by atoms with Gasteiger partial charge in [-0.05, 0) is 32.1 Å². The van der Waals surface area contributed by atoms with Crippen molar-refractivity contribution in [2.75, 3.05) is 13.1 Å². The lowest BCUT2D eigenvalue weighted by Crippen LogP contribution is -2.59. The van der Waals surface area contributed by atoms with Gasteiger partial charge >= 0.3 is 17.9 Å². The number of rotatable bonds is 21. The molecule has 14 N–H and O–H groups in total. The fraction of sp³-hybridized carbons (Fsp3) is 0.640. The normalized spacial score (nSPS) is 14.0. The van der Waals surface area contributed by atoms with Crippen LogP contribution in [0.5, 0.6) is 0 Å². The lowest BCUT2D eigenvalue weighted by Gasteiger charge is -2.26. The Balaban J connectivity index is 5.75. The maximum absolute atomic E-state index is 13.0. The fourth-order valence-electron chi connectivity index (χ4n) is 3.66. The van der Waals surface area contributed by atoms with Gasteiger partial charge in [0.15, 0.2) is 5.96 Å². The van der Waals surface area contributed by atoms with E-state index in [9.17, 15) is 48.6 Å². The van der Waals surface area contributed by atoms with Gasteiger partial charge < -0.3 is 59.1 Å². The smallest absolute Gasteiger partial charge is 0.326 e. The standard InChI is InChI=1S/C25H43N9O11/c1-11(2)19(24(44)45)34-22(42)14(6-7-17(36)37)32-23(43)15(9-18(38)39)33-20(40)12(3)30-21(41)13(31-16(35)10-26)5-4-8-29-25(27)28/h11-15,19H,4-10,26H2,1-3H3,(H,30,41)(H,31,35)(H,32,43)(H,33,40)(H,34,42)(H,36,37)(H,38,39)(H,44,45)(H4,27,28,29)/t12-,13-,14-,15-,19-/m0/s1. The van der Waals surface area contributed by atoms with E-state index in [-0.39, 0.29) is 25.3 Å². The molecular formula is C25H43N9O11. The van der Waals surface area contributed by atoms with Crippen LogP contribution in [0.4, 0.5) is 0 Å². The highest BCUT2D eigenvalue weighted by atomic mass is 16.4.